The van der Waals surface area contributed by atoms with Crippen LogP contribution in [0.2, 0.25) is 0 Å². The maximum Gasteiger partial charge on any atom is 0.123 e. The molecule has 3 nitrogen and oxygen atoms in total. The summed E-state index contributed by atoms with van der Waals surface area (Å²) in [7, 11) is 0. The summed E-state index contributed by atoms with van der Waals surface area (Å²) < 4.78 is 13.6. The molecule has 1 aromatic carbocycles. The van der Waals surface area contributed by atoms with Crippen LogP contribution in [0.5, 0.6) is 0 Å². The van der Waals surface area contributed by atoms with Gasteiger partial charge < -0.3 is 5.73 Å². The molecule has 0 bridgehead atoms. The molecule has 2 N–H and O–H groups in total. The maximum absolute atomic E-state index is 13.6. The lowest BCUT2D eigenvalue weighted by Crippen LogP contribution is -2.52. The number of hydrogen-bond acceptors (Lipinski definition) is 3. The van der Waals surface area contributed by atoms with Crippen LogP contribution in [0.25, 0.3) is 0 Å². The molecule has 0 aromatic heterocycles. The second kappa shape index (κ2) is 5.80. The van der Waals surface area contributed by atoms with Gasteiger partial charge in [-0.05, 0) is 49.6 Å². The van der Waals surface area contributed by atoms with Crippen molar-refractivity contribution in [2.75, 3.05) is 32.7 Å². The van der Waals surface area contributed by atoms with Crippen LogP contribution < -0.4 is 5.73 Å². The molecule has 2 aliphatic rings. The van der Waals surface area contributed by atoms with Gasteiger partial charge in [-0.25, -0.2) is 4.39 Å². The van der Waals surface area contributed by atoms with Crippen molar-refractivity contribution >= 4 is 0 Å². The number of halogens is 1. The fraction of sp³-hybridized carbons (Fsp3) is 0.625. The molecule has 2 atom stereocenters. The van der Waals surface area contributed by atoms with Crippen molar-refractivity contribution in [1.29, 1.82) is 0 Å². The molecule has 4 heteroatoms. The summed E-state index contributed by atoms with van der Waals surface area (Å²) in [6.45, 7) is 7.06. The second-order valence-corrected chi connectivity index (χ2v) is 6.08. The van der Waals surface area contributed by atoms with E-state index in [4.69, 9.17) is 5.73 Å². The van der Waals surface area contributed by atoms with Crippen LogP contribution in [-0.4, -0.2) is 48.6 Å². The molecular weight excluding hydrogens is 253 g/mol. The van der Waals surface area contributed by atoms with Crippen molar-refractivity contribution in [2.45, 2.75) is 31.8 Å². The number of piperazine rings is 1. The molecule has 0 aliphatic carbocycles. The Morgan fingerprint density at radius 2 is 2.20 bits per heavy atom. The van der Waals surface area contributed by atoms with Gasteiger partial charge in [-0.1, -0.05) is 6.07 Å². The summed E-state index contributed by atoms with van der Waals surface area (Å²) in [5, 5.41) is 0. The van der Waals surface area contributed by atoms with Gasteiger partial charge in [-0.15, -0.1) is 0 Å². The molecule has 0 radical (unpaired) electrons. The first-order chi connectivity index (χ1) is 9.69. The number of nitrogens with zero attached hydrogens (tertiary/aromatic N) is 2. The van der Waals surface area contributed by atoms with E-state index in [0.717, 1.165) is 30.8 Å². The molecule has 20 heavy (non-hydrogen) atoms. The molecule has 0 saturated carbocycles. The molecule has 0 amide bonds. The van der Waals surface area contributed by atoms with Crippen molar-refractivity contribution in [3.05, 3.63) is 35.1 Å². The van der Waals surface area contributed by atoms with E-state index < -0.39 is 0 Å². The van der Waals surface area contributed by atoms with Crippen LogP contribution in [0.4, 0.5) is 4.39 Å². The largest absolute Gasteiger partial charge is 0.329 e. The highest BCUT2D eigenvalue weighted by Crippen LogP contribution is 2.29. The minimum atomic E-state index is -0.163. The maximum atomic E-state index is 13.6. The van der Waals surface area contributed by atoms with Gasteiger partial charge in [0.25, 0.3) is 0 Å². The first kappa shape index (κ1) is 14.0. The summed E-state index contributed by atoms with van der Waals surface area (Å²) in [4.78, 5) is 5.04. The van der Waals surface area contributed by atoms with E-state index >= 15 is 0 Å². The Kier molecular flexibility index (Phi) is 4.06. The van der Waals surface area contributed by atoms with Gasteiger partial charge in [-0.3, -0.25) is 9.80 Å². The first-order valence-electron chi connectivity index (χ1n) is 7.63. The SMILES string of the molecule is Cc1ccc(F)cc1C(CN)N1CCN2CCCC2C1. The zero-order valence-electron chi connectivity index (χ0n) is 12.2. The molecule has 2 heterocycles. The molecule has 2 saturated heterocycles. The van der Waals surface area contributed by atoms with Crippen molar-refractivity contribution in [3.63, 3.8) is 0 Å². The smallest absolute Gasteiger partial charge is 0.123 e. The van der Waals surface area contributed by atoms with E-state index in [1.807, 2.05) is 13.0 Å². The summed E-state index contributed by atoms with van der Waals surface area (Å²) in [6, 6.07) is 5.87. The van der Waals surface area contributed by atoms with Crippen LogP contribution in [-0.2, 0) is 0 Å². The Balaban J connectivity index is 1.81. The number of rotatable bonds is 3. The molecule has 2 unspecified atom stereocenters. The predicted molar refractivity (Wildman–Crippen MR) is 79.1 cm³/mol. The van der Waals surface area contributed by atoms with E-state index in [1.54, 1.807) is 6.07 Å². The van der Waals surface area contributed by atoms with E-state index in [2.05, 4.69) is 9.80 Å². The predicted octanol–water partition coefficient (Wildman–Crippen LogP) is 1.91. The zero-order valence-corrected chi connectivity index (χ0v) is 12.2. The topological polar surface area (TPSA) is 32.5 Å². The lowest BCUT2D eigenvalue weighted by molar-refractivity contribution is 0.0734. The van der Waals surface area contributed by atoms with E-state index in [-0.39, 0.29) is 11.9 Å². The third-order valence-corrected chi connectivity index (χ3v) is 4.88. The third kappa shape index (κ3) is 2.60. The Morgan fingerprint density at radius 3 is 3.00 bits per heavy atom. The number of hydrogen-bond donors (Lipinski definition) is 1. The minimum Gasteiger partial charge on any atom is -0.329 e. The molecule has 2 aliphatic heterocycles. The monoisotopic (exact) mass is 277 g/mol. The zero-order chi connectivity index (χ0) is 14.1. The Morgan fingerprint density at radius 1 is 1.35 bits per heavy atom. The first-order valence-corrected chi connectivity index (χ1v) is 7.63. The number of aryl methyl sites for hydroxylation is 1. The molecule has 2 fully saturated rings. The highest BCUT2D eigenvalue weighted by molar-refractivity contribution is 5.30. The van der Waals surface area contributed by atoms with Crippen LogP contribution in [0.15, 0.2) is 18.2 Å². The van der Waals surface area contributed by atoms with Crippen molar-refractivity contribution < 1.29 is 4.39 Å². The van der Waals surface area contributed by atoms with Crippen molar-refractivity contribution in [1.82, 2.24) is 9.80 Å². The van der Waals surface area contributed by atoms with Crippen molar-refractivity contribution in [3.8, 4) is 0 Å². The summed E-state index contributed by atoms with van der Waals surface area (Å²) in [6.07, 6.45) is 2.60. The van der Waals surface area contributed by atoms with Gasteiger partial charge in [0, 0.05) is 38.3 Å². The van der Waals surface area contributed by atoms with E-state index in [9.17, 15) is 4.39 Å². The van der Waals surface area contributed by atoms with Gasteiger partial charge in [0.05, 0.1) is 0 Å². The second-order valence-electron chi connectivity index (χ2n) is 6.08. The quantitative estimate of drug-likeness (QED) is 0.916. The average molecular weight is 277 g/mol. The summed E-state index contributed by atoms with van der Waals surface area (Å²) in [5.41, 5.74) is 8.20. The highest BCUT2D eigenvalue weighted by atomic mass is 19.1. The van der Waals surface area contributed by atoms with Crippen molar-refractivity contribution in [2.24, 2.45) is 5.73 Å². The van der Waals surface area contributed by atoms with Crippen LogP contribution >= 0.6 is 0 Å². The summed E-state index contributed by atoms with van der Waals surface area (Å²) in [5.74, 6) is -0.163. The number of benzene rings is 1. The van der Waals surface area contributed by atoms with Gasteiger partial charge in [0.15, 0.2) is 0 Å². The normalized spacial score (nSPS) is 25.6. The fourth-order valence-electron chi connectivity index (χ4n) is 3.74. The lowest BCUT2D eigenvalue weighted by Gasteiger charge is -2.41. The Bertz CT molecular complexity index is 477. The van der Waals surface area contributed by atoms with Crippen LogP contribution in [0.1, 0.15) is 30.0 Å². The van der Waals surface area contributed by atoms with Crippen LogP contribution in [0, 0.1) is 12.7 Å². The van der Waals surface area contributed by atoms with Gasteiger partial charge >= 0.3 is 0 Å². The fourth-order valence-corrected chi connectivity index (χ4v) is 3.74. The minimum absolute atomic E-state index is 0.147. The third-order valence-electron chi connectivity index (χ3n) is 4.88. The summed E-state index contributed by atoms with van der Waals surface area (Å²) >= 11 is 0. The van der Waals surface area contributed by atoms with Gasteiger partial charge in [-0.2, -0.15) is 0 Å². The molecule has 3 rings (SSSR count). The average Bonchev–Trinajstić information content (AvgIpc) is 2.91. The Labute approximate surface area is 120 Å². The molecule has 110 valence electrons. The molecular formula is C16H24FN3. The molecule has 0 spiro atoms. The standard InChI is InChI=1S/C16H24FN3/c1-12-4-5-13(17)9-15(12)16(10-18)20-8-7-19-6-2-3-14(19)11-20/h4-5,9,14,16H,2-3,6-8,10-11,18H2,1H3. The number of nitrogens with two attached hydrogens (primary N) is 1. The van der Waals surface area contributed by atoms with E-state index in [1.165, 1.54) is 25.5 Å². The number of fused-ring (bicyclic) bond motifs is 1. The highest BCUT2D eigenvalue weighted by Gasteiger charge is 2.33. The van der Waals surface area contributed by atoms with Gasteiger partial charge in [0.2, 0.25) is 0 Å². The van der Waals surface area contributed by atoms with Crippen LogP contribution in [0.3, 0.4) is 0 Å². The van der Waals surface area contributed by atoms with Gasteiger partial charge in [0.1, 0.15) is 5.82 Å². The Hall–Kier alpha value is -0.970. The molecule has 1 aromatic rings. The lowest BCUT2D eigenvalue weighted by atomic mass is 9.98. The van der Waals surface area contributed by atoms with E-state index in [0.29, 0.717) is 12.6 Å².